The van der Waals surface area contributed by atoms with Crippen LogP contribution in [0.3, 0.4) is 0 Å². The van der Waals surface area contributed by atoms with Crippen LogP contribution in [-0.2, 0) is 4.79 Å². The molecule has 0 bridgehead atoms. The van der Waals surface area contributed by atoms with Gasteiger partial charge in [0.05, 0.1) is 10.9 Å². The molecule has 0 heterocycles. The average Bonchev–Trinajstić information content (AvgIpc) is 2.65. The van der Waals surface area contributed by atoms with Gasteiger partial charge < -0.3 is 11.1 Å². The van der Waals surface area contributed by atoms with E-state index in [2.05, 4.69) is 5.32 Å². The van der Waals surface area contributed by atoms with Crippen LogP contribution in [0.5, 0.6) is 0 Å². The number of thiocarbonyl (C=S) groups is 1. The molecule has 86 valence electrons. The molecular weight excluding hydrogens is 208 g/mol. The lowest BCUT2D eigenvalue weighted by atomic mass is 10.0. The van der Waals surface area contributed by atoms with Gasteiger partial charge in [0.15, 0.2) is 0 Å². The van der Waals surface area contributed by atoms with Gasteiger partial charge in [-0.3, -0.25) is 4.79 Å². The lowest BCUT2D eigenvalue weighted by Crippen LogP contribution is -2.42. The Hall–Kier alpha value is -0.640. The van der Waals surface area contributed by atoms with E-state index in [-0.39, 0.29) is 11.8 Å². The van der Waals surface area contributed by atoms with Gasteiger partial charge in [-0.2, -0.15) is 0 Å². The zero-order valence-corrected chi connectivity index (χ0v) is 10.1. The van der Waals surface area contributed by atoms with Gasteiger partial charge in [0.1, 0.15) is 0 Å². The van der Waals surface area contributed by atoms with Crippen LogP contribution in [0.1, 0.15) is 45.4 Å². The summed E-state index contributed by atoms with van der Waals surface area (Å²) < 4.78 is 0. The van der Waals surface area contributed by atoms with Gasteiger partial charge in [-0.15, -0.1) is 0 Å². The largest absolute Gasteiger partial charge is 0.393 e. The Morgan fingerprint density at radius 3 is 2.60 bits per heavy atom. The first-order valence-electron chi connectivity index (χ1n) is 5.74. The van der Waals surface area contributed by atoms with Gasteiger partial charge in [0, 0.05) is 6.04 Å². The SMILES string of the molecule is CCCC(C(=O)NC1CCCC1)C(N)=S. The maximum atomic E-state index is 11.9. The third-order valence-electron chi connectivity index (χ3n) is 2.94. The van der Waals surface area contributed by atoms with E-state index in [9.17, 15) is 4.79 Å². The van der Waals surface area contributed by atoms with Crippen molar-refractivity contribution in [3.63, 3.8) is 0 Å². The van der Waals surface area contributed by atoms with Crippen LogP contribution < -0.4 is 11.1 Å². The quantitative estimate of drug-likeness (QED) is 0.705. The van der Waals surface area contributed by atoms with Crippen LogP contribution in [0.4, 0.5) is 0 Å². The Morgan fingerprint density at radius 1 is 1.53 bits per heavy atom. The maximum absolute atomic E-state index is 11.9. The first-order chi connectivity index (χ1) is 7.15. The van der Waals surface area contributed by atoms with Crippen molar-refractivity contribution >= 4 is 23.1 Å². The number of nitrogens with two attached hydrogens (primary N) is 1. The monoisotopic (exact) mass is 228 g/mol. The van der Waals surface area contributed by atoms with E-state index in [1.54, 1.807) is 0 Å². The molecule has 3 N–H and O–H groups in total. The second kappa shape index (κ2) is 6.05. The van der Waals surface area contributed by atoms with Crippen molar-refractivity contribution in [2.45, 2.75) is 51.5 Å². The van der Waals surface area contributed by atoms with E-state index in [1.807, 2.05) is 6.92 Å². The van der Waals surface area contributed by atoms with Crippen LogP contribution in [0.2, 0.25) is 0 Å². The van der Waals surface area contributed by atoms with Crippen molar-refractivity contribution in [2.75, 3.05) is 0 Å². The zero-order valence-electron chi connectivity index (χ0n) is 9.29. The van der Waals surface area contributed by atoms with Gasteiger partial charge in [0.25, 0.3) is 0 Å². The zero-order chi connectivity index (χ0) is 11.3. The topological polar surface area (TPSA) is 55.1 Å². The molecule has 1 saturated carbocycles. The first-order valence-corrected chi connectivity index (χ1v) is 6.15. The molecule has 1 aliphatic carbocycles. The molecule has 4 heteroatoms. The highest BCUT2D eigenvalue weighted by Crippen LogP contribution is 2.18. The Kier molecular flexibility index (Phi) is 5.02. The molecule has 0 saturated heterocycles. The molecule has 0 aromatic carbocycles. The molecule has 0 aromatic heterocycles. The molecule has 0 radical (unpaired) electrons. The highest BCUT2D eigenvalue weighted by Gasteiger charge is 2.24. The average molecular weight is 228 g/mol. The Balaban J connectivity index is 2.44. The number of hydrogen-bond acceptors (Lipinski definition) is 2. The molecule has 0 aromatic rings. The van der Waals surface area contributed by atoms with E-state index in [1.165, 1.54) is 12.8 Å². The van der Waals surface area contributed by atoms with Crippen molar-refractivity contribution in [3.05, 3.63) is 0 Å². The number of hydrogen-bond donors (Lipinski definition) is 2. The minimum atomic E-state index is -0.273. The van der Waals surface area contributed by atoms with Crippen molar-refractivity contribution in [1.29, 1.82) is 0 Å². The smallest absolute Gasteiger partial charge is 0.230 e. The van der Waals surface area contributed by atoms with Gasteiger partial charge >= 0.3 is 0 Å². The van der Waals surface area contributed by atoms with Gasteiger partial charge in [-0.05, 0) is 19.3 Å². The molecule has 1 amide bonds. The standard InChI is InChI=1S/C11H20N2OS/c1-2-5-9(10(12)15)11(14)13-8-6-3-4-7-8/h8-9H,2-7H2,1H3,(H2,12,15)(H,13,14). The minimum absolute atomic E-state index is 0.0243. The summed E-state index contributed by atoms with van der Waals surface area (Å²) >= 11 is 4.92. The second-order valence-corrected chi connectivity index (χ2v) is 4.71. The van der Waals surface area contributed by atoms with Crippen molar-refractivity contribution in [1.82, 2.24) is 5.32 Å². The number of rotatable bonds is 5. The highest BCUT2D eigenvalue weighted by atomic mass is 32.1. The summed E-state index contributed by atoms with van der Waals surface area (Å²) in [5.74, 6) is -0.248. The summed E-state index contributed by atoms with van der Waals surface area (Å²) in [6, 6.07) is 0.353. The Morgan fingerprint density at radius 2 is 2.13 bits per heavy atom. The molecule has 0 spiro atoms. The van der Waals surface area contributed by atoms with Gasteiger partial charge in [-0.25, -0.2) is 0 Å². The van der Waals surface area contributed by atoms with E-state index >= 15 is 0 Å². The molecular formula is C11H20N2OS. The fourth-order valence-corrected chi connectivity index (χ4v) is 2.29. The van der Waals surface area contributed by atoms with E-state index in [4.69, 9.17) is 18.0 Å². The summed E-state index contributed by atoms with van der Waals surface area (Å²) in [7, 11) is 0. The van der Waals surface area contributed by atoms with Crippen molar-refractivity contribution in [2.24, 2.45) is 11.7 Å². The highest BCUT2D eigenvalue weighted by molar-refractivity contribution is 7.80. The summed E-state index contributed by atoms with van der Waals surface area (Å²) in [5.41, 5.74) is 5.57. The van der Waals surface area contributed by atoms with Gasteiger partial charge in [0.2, 0.25) is 5.91 Å². The van der Waals surface area contributed by atoms with Gasteiger partial charge in [-0.1, -0.05) is 38.4 Å². The maximum Gasteiger partial charge on any atom is 0.230 e. The molecule has 1 fully saturated rings. The number of carbonyl (C=O) groups excluding carboxylic acids is 1. The molecule has 1 unspecified atom stereocenters. The fraction of sp³-hybridized carbons (Fsp3) is 0.818. The molecule has 1 rings (SSSR count). The van der Waals surface area contributed by atoms with E-state index in [0.717, 1.165) is 25.7 Å². The number of carbonyl (C=O) groups is 1. The third-order valence-corrected chi connectivity index (χ3v) is 3.22. The molecule has 3 nitrogen and oxygen atoms in total. The molecule has 1 atom stereocenters. The van der Waals surface area contributed by atoms with Crippen LogP contribution in [-0.4, -0.2) is 16.9 Å². The van der Waals surface area contributed by atoms with Crippen LogP contribution >= 0.6 is 12.2 Å². The van der Waals surface area contributed by atoms with Crippen molar-refractivity contribution in [3.8, 4) is 0 Å². The van der Waals surface area contributed by atoms with Crippen LogP contribution in [0.25, 0.3) is 0 Å². The summed E-state index contributed by atoms with van der Waals surface area (Å²) in [6.07, 6.45) is 6.32. The molecule has 1 aliphatic rings. The number of nitrogens with one attached hydrogen (secondary N) is 1. The lowest BCUT2D eigenvalue weighted by molar-refractivity contribution is -0.123. The van der Waals surface area contributed by atoms with Crippen molar-refractivity contribution < 1.29 is 4.79 Å². The van der Waals surface area contributed by atoms with E-state index in [0.29, 0.717) is 11.0 Å². The Labute approximate surface area is 96.8 Å². The van der Waals surface area contributed by atoms with Crippen LogP contribution in [0, 0.1) is 5.92 Å². The van der Waals surface area contributed by atoms with Crippen LogP contribution in [0.15, 0.2) is 0 Å². The lowest BCUT2D eigenvalue weighted by Gasteiger charge is -2.18. The molecule has 15 heavy (non-hydrogen) atoms. The summed E-state index contributed by atoms with van der Waals surface area (Å²) in [4.78, 5) is 12.2. The normalized spacial score (nSPS) is 18.7. The Bertz CT molecular complexity index is 237. The number of amides is 1. The molecule has 0 aliphatic heterocycles. The van der Waals surface area contributed by atoms with E-state index < -0.39 is 0 Å². The minimum Gasteiger partial charge on any atom is -0.393 e. The summed E-state index contributed by atoms with van der Waals surface area (Å²) in [6.45, 7) is 2.04. The predicted octanol–water partition coefficient (Wildman–Crippen LogP) is 1.75. The third kappa shape index (κ3) is 3.78. The predicted molar refractivity (Wildman–Crippen MR) is 65.6 cm³/mol. The second-order valence-electron chi connectivity index (χ2n) is 4.23. The fourth-order valence-electron chi connectivity index (χ4n) is 2.06. The summed E-state index contributed by atoms with van der Waals surface area (Å²) in [5, 5.41) is 3.04. The first kappa shape index (κ1) is 12.4.